The van der Waals surface area contributed by atoms with Crippen molar-refractivity contribution in [2.75, 3.05) is 6.61 Å². The molecule has 4 rings (SSSR count). The maximum atomic E-state index is 12.5. The number of alkyl carbamates (subject to hydrolysis) is 1. The Hall–Kier alpha value is -3.72. The van der Waals surface area contributed by atoms with Crippen molar-refractivity contribution >= 4 is 29.3 Å². The van der Waals surface area contributed by atoms with Gasteiger partial charge in [0, 0.05) is 23.3 Å². The number of aliphatic carboxylic acids is 1. The normalized spacial score (nSPS) is 13.0. The highest BCUT2D eigenvalue weighted by Gasteiger charge is 2.29. The van der Waals surface area contributed by atoms with Crippen molar-refractivity contribution < 1.29 is 24.2 Å². The highest BCUT2D eigenvalue weighted by molar-refractivity contribution is 7.11. The van der Waals surface area contributed by atoms with E-state index in [1.807, 2.05) is 24.3 Å². The van der Waals surface area contributed by atoms with E-state index in [1.165, 1.54) is 22.5 Å². The number of thiazole rings is 1. The number of fused-ring (bicyclic) bond motifs is 3. The fourth-order valence-electron chi connectivity index (χ4n) is 4.24. The zero-order valence-corrected chi connectivity index (χ0v) is 20.4. The van der Waals surface area contributed by atoms with Crippen LogP contribution in [0.3, 0.4) is 0 Å². The molecule has 1 atom stereocenters. The van der Waals surface area contributed by atoms with E-state index in [0.29, 0.717) is 11.4 Å². The first kappa shape index (κ1) is 24.4. The van der Waals surface area contributed by atoms with E-state index in [1.54, 1.807) is 13.8 Å². The molecule has 9 heteroatoms. The average molecular weight is 494 g/mol. The lowest BCUT2D eigenvalue weighted by molar-refractivity contribution is -0.137. The molecule has 182 valence electrons. The number of carboxylic acids is 1. The Morgan fingerprint density at radius 1 is 1.09 bits per heavy atom. The van der Waals surface area contributed by atoms with Crippen LogP contribution in [0.15, 0.2) is 48.5 Å². The molecule has 0 aliphatic heterocycles. The summed E-state index contributed by atoms with van der Waals surface area (Å²) >= 11 is 1.32. The van der Waals surface area contributed by atoms with Crippen LogP contribution in [0.5, 0.6) is 0 Å². The lowest BCUT2D eigenvalue weighted by atomic mass is 9.98. The second kappa shape index (κ2) is 10.7. The summed E-state index contributed by atoms with van der Waals surface area (Å²) in [5.41, 5.74) is 4.90. The van der Waals surface area contributed by atoms with Crippen LogP contribution in [0.25, 0.3) is 11.1 Å². The number of carbonyl (C=O) groups excluding carboxylic acids is 2. The molecule has 1 aromatic heterocycles. The fraction of sp³-hybridized carbons (Fsp3) is 0.308. The second-order valence-corrected chi connectivity index (χ2v) is 9.79. The quantitative estimate of drug-likeness (QED) is 0.405. The molecule has 0 bridgehead atoms. The average Bonchev–Trinajstić information content (AvgIpc) is 3.37. The maximum Gasteiger partial charge on any atom is 0.407 e. The monoisotopic (exact) mass is 493 g/mol. The molecule has 1 unspecified atom stereocenters. The molecular formula is C26H27N3O5S. The van der Waals surface area contributed by atoms with Crippen molar-refractivity contribution in [1.29, 1.82) is 0 Å². The summed E-state index contributed by atoms with van der Waals surface area (Å²) in [6.45, 7) is 3.90. The van der Waals surface area contributed by atoms with Crippen molar-refractivity contribution in [3.8, 4) is 11.1 Å². The molecular weight excluding hydrogens is 466 g/mol. The van der Waals surface area contributed by atoms with Crippen LogP contribution < -0.4 is 10.6 Å². The Kier molecular flexibility index (Phi) is 7.45. The lowest BCUT2D eigenvalue weighted by Crippen LogP contribution is -2.33. The van der Waals surface area contributed by atoms with Gasteiger partial charge in [-0.1, -0.05) is 48.5 Å². The van der Waals surface area contributed by atoms with Gasteiger partial charge in [0.2, 0.25) is 0 Å². The molecule has 35 heavy (non-hydrogen) atoms. The summed E-state index contributed by atoms with van der Waals surface area (Å²) in [5.74, 6) is -1.28. The van der Waals surface area contributed by atoms with Gasteiger partial charge in [-0.2, -0.15) is 0 Å². The first-order valence-electron chi connectivity index (χ1n) is 11.4. The largest absolute Gasteiger partial charge is 0.481 e. The zero-order chi connectivity index (χ0) is 24.9. The number of ether oxygens (including phenoxy) is 1. The Morgan fingerprint density at radius 2 is 1.71 bits per heavy atom. The smallest absolute Gasteiger partial charge is 0.407 e. The molecule has 0 saturated heterocycles. The third-order valence-corrected chi connectivity index (χ3v) is 6.92. The Morgan fingerprint density at radius 3 is 2.34 bits per heavy atom. The third kappa shape index (κ3) is 5.68. The van der Waals surface area contributed by atoms with Crippen LogP contribution in [0.2, 0.25) is 0 Å². The van der Waals surface area contributed by atoms with Gasteiger partial charge in [0.15, 0.2) is 0 Å². The van der Waals surface area contributed by atoms with Crippen molar-refractivity contribution in [2.24, 2.45) is 0 Å². The summed E-state index contributed by atoms with van der Waals surface area (Å²) in [5, 5.41) is 14.8. The molecule has 3 N–H and O–H groups in total. The molecule has 2 aromatic carbocycles. The standard InChI is InChI=1S/C26H27N3O5S/c1-15(11-12-23(30)31)28-25(32)24-16(2)35-22(29-24)13-27-26(33)34-14-21-19-9-5-3-7-17(19)18-8-4-6-10-20(18)21/h3-10,15,21H,11-14H2,1-2H3,(H,27,33)(H,28,32)(H,30,31). The Labute approximate surface area is 207 Å². The van der Waals surface area contributed by atoms with Crippen molar-refractivity contribution in [2.45, 2.75) is 45.2 Å². The van der Waals surface area contributed by atoms with Gasteiger partial charge in [0.05, 0.1) is 6.54 Å². The zero-order valence-electron chi connectivity index (χ0n) is 19.5. The molecule has 3 aromatic rings. The predicted molar refractivity (Wildman–Crippen MR) is 133 cm³/mol. The summed E-state index contributed by atoms with van der Waals surface area (Å²) in [6, 6.07) is 16.0. The van der Waals surface area contributed by atoms with Crippen molar-refractivity contribution in [1.82, 2.24) is 15.6 Å². The summed E-state index contributed by atoms with van der Waals surface area (Å²) in [7, 11) is 0. The molecule has 2 amide bonds. The number of nitrogens with zero attached hydrogens (tertiary/aromatic N) is 1. The SMILES string of the molecule is Cc1sc(CNC(=O)OCC2c3ccccc3-c3ccccc32)nc1C(=O)NC(C)CCC(=O)O. The number of carboxylic acid groups (broad SMARTS) is 1. The Balaban J connectivity index is 1.31. The maximum absolute atomic E-state index is 12.5. The van der Waals surface area contributed by atoms with Crippen molar-refractivity contribution in [3.63, 3.8) is 0 Å². The molecule has 1 heterocycles. The van der Waals surface area contributed by atoms with E-state index in [-0.39, 0.29) is 43.1 Å². The molecule has 0 spiro atoms. The number of amides is 2. The van der Waals surface area contributed by atoms with E-state index in [2.05, 4.69) is 39.9 Å². The predicted octanol–water partition coefficient (Wildman–Crippen LogP) is 4.47. The number of aryl methyl sites for hydroxylation is 1. The summed E-state index contributed by atoms with van der Waals surface area (Å²) in [4.78, 5) is 40.7. The van der Waals surface area contributed by atoms with Gasteiger partial charge in [-0.3, -0.25) is 9.59 Å². The first-order valence-corrected chi connectivity index (χ1v) is 12.2. The summed E-state index contributed by atoms with van der Waals surface area (Å²) < 4.78 is 5.54. The molecule has 1 aliphatic carbocycles. The first-order chi connectivity index (χ1) is 16.8. The molecule has 0 radical (unpaired) electrons. The van der Waals surface area contributed by atoms with Crippen molar-refractivity contribution in [3.05, 3.63) is 75.2 Å². The number of hydrogen-bond donors (Lipinski definition) is 3. The van der Waals surface area contributed by atoms with Gasteiger partial charge >= 0.3 is 12.1 Å². The van der Waals surface area contributed by atoms with E-state index in [9.17, 15) is 14.4 Å². The van der Waals surface area contributed by atoms with E-state index < -0.39 is 12.1 Å². The second-order valence-electron chi connectivity index (χ2n) is 8.50. The third-order valence-electron chi connectivity index (χ3n) is 5.95. The topological polar surface area (TPSA) is 118 Å². The highest BCUT2D eigenvalue weighted by Crippen LogP contribution is 2.44. The van der Waals surface area contributed by atoms with Crippen LogP contribution in [-0.2, 0) is 16.1 Å². The summed E-state index contributed by atoms with van der Waals surface area (Å²) in [6.07, 6.45) is -0.235. The van der Waals surface area contributed by atoms with Gasteiger partial charge in [-0.05, 0) is 42.5 Å². The van der Waals surface area contributed by atoms with Gasteiger partial charge < -0.3 is 20.5 Å². The van der Waals surface area contributed by atoms with Crippen LogP contribution in [0.1, 0.15) is 57.2 Å². The van der Waals surface area contributed by atoms with E-state index in [4.69, 9.17) is 9.84 Å². The Bertz CT molecular complexity index is 1210. The molecule has 1 aliphatic rings. The van der Waals surface area contributed by atoms with E-state index >= 15 is 0 Å². The number of benzene rings is 2. The molecule has 8 nitrogen and oxygen atoms in total. The minimum Gasteiger partial charge on any atom is -0.481 e. The molecule has 0 fully saturated rings. The lowest BCUT2D eigenvalue weighted by Gasteiger charge is -2.14. The molecule has 0 saturated carbocycles. The van der Waals surface area contributed by atoms with Gasteiger partial charge in [0.1, 0.15) is 17.3 Å². The van der Waals surface area contributed by atoms with Crippen LogP contribution >= 0.6 is 11.3 Å². The highest BCUT2D eigenvalue weighted by atomic mass is 32.1. The van der Waals surface area contributed by atoms with Crippen LogP contribution in [0.4, 0.5) is 4.79 Å². The van der Waals surface area contributed by atoms with Crippen LogP contribution in [-0.4, -0.2) is 40.7 Å². The van der Waals surface area contributed by atoms with Gasteiger partial charge in [-0.25, -0.2) is 9.78 Å². The number of hydrogen-bond acceptors (Lipinski definition) is 6. The number of rotatable bonds is 9. The van der Waals surface area contributed by atoms with Crippen LogP contribution in [0, 0.1) is 6.92 Å². The van der Waals surface area contributed by atoms with Gasteiger partial charge in [0.25, 0.3) is 5.91 Å². The number of aromatic nitrogens is 1. The number of nitrogens with one attached hydrogen (secondary N) is 2. The minimum atomic E-state index is -0.905. The van der Waals surface area contributed by atoms with Gasteiger partial charge in [-0.15, -0.1) is 11.3 Å². The minimum absolute atomic E-state index is 0.0197. The number of carbonyl (C=O) groups is 3. The fourth-order valence-corrected chi connectivity index (χ4v) is 5.11. The van der Waals surface area contributed by atoms with E-state index in [0.717, 1.165) is 16.0 Å².